The average Bonchev–Trinajstić information content (AvgIpc) is 2.20. The van der Waals surface area contributed by atoms with Crippen LogP contribution < -0.4 is 5.73 Å². The molecule has 0 saturated carbocycles. The molecule has 0 aliphatic heterocycles. The quantitative estimate of drug-likeness (QED) is 0.465. The number of ether oxygens (including phenoxy) is 1. The Morgan fingerprint density at radius 3 is 3.07 bits per heavy atom. The summed E-state index contributed by atoms with van der Waals surface area (Å²) in [6, 6.07) is 1.39. The summed E-state index contributed by atoms with van der Waals surface area (Å²) in [7, 11) is 0. The first-order chi connectivity index (χ1) is 7.13. The van der Waals surface area contributed by atoms with Gasteiger partial charge in [0.25, 0.3) is 0 Å². The third-order valence-corrected chi connectivity index (χ3v) is 1.59. The van der Waals surface area contributed by atoms with Crippen LogP contribution in [0.1, 0.15) is 12.5 Å². The highest BCUT2D eigenvalue weighted by molar-refractivity contribution is 5.87. The number of carbonyl (C=O) groups is 1. The van der Waals surface area contributed by atoms with E-state index in [1.165, 1.54) is 24.4 Å². The van der Waals surface area contributed by atoms with Gasteiger partial charge in [-0.2, -0.15) is 4.39 Å². The average molecular weight is 210 g/mol. The molecule has 1 heterocycles. The predicted molar refractivity (Wildman–Crippen MR) is 54.3 cm³/mol. The smallest absolute Gasteiger partial charge is 0.330 e. The molecule has 15 heavy (non-hydrogen) atoms. The van der Waals surface area contributed by atoms with E-state index < -0.39 is 11.9 Å². The van der Waals surface area contributed by atoms with Crippen molar-refractivity contribution in [3.63, 3.8) is 0 Å². The van der Waals surface area contributed by atoms with Crippen molar-refractivity contribution in [1.29, 1.82) is 0 Å². The van der Waals surface area contributed by atoms with Crippen molar-refractivity contribution in [2.75, 3.05) is 12.3 Å². The summed E-state index contributed by atoms with van der Waals surface area (Å²) < 4.78 is 17.3. The molecule has 0 aliphatic rings. The molecule has 2 N–H and O–H groups in total. The first kappa shape index (κ1) is 11.2. The van der Waals surface area contributed by atoms with Crippen molar-refractivity contribution in [2.45, 2.75) is 6.92 Å². The SMILES string of the molecule is CCOC(=O)C=Cc1cnc(F)c(N)c1. The van der Waals surface area contributed by atoms with E-state index in [1.54, 1.807) is 6.92 Å². The fraction of sp³-hybridized carbons (Fsp3) is 0.200. The zero-order chi connectivity index (χ0) is 11.3. The summed E-state index contributed by atoms with van der Waals surface area (Å²) in [5.41, 5.74) is 5.79. The number of anilines is 1. The van der Waals surface area contributed by atoms with Crippen LogP contribution in [-0.4, -0.2) is 17.6 Å². The molecule has 1 aromatic heterocycles. The van der Waals surface area contributed by atoms with Gasteiger partial charge in [-0.15, -0.1) is 0 Å². The number of hydrogen-bond acceptors (Lipinski definition) is 4. The van der Waals surface area contributed by atoms with Gasteiger partial charge >= 0.3 is 5.97 Å². The number of aromatic nitrogens is 1. The highest BCUT2D eigenvalue weighted by Gasteiger charge is 1.99. The van der Waals surface area contributed by atoms with E-state index in [1.807, 2.05) is 0 Å². The minimum Gasteiger partial charge on any atom is -0.463 e. The Kier molecular flexibility index (Phi) is 3.79. The van der Waals surface area contributed by atoms with E-state index in [0.29, 0.717) is 12.2 Å². The highest BCUT2D eigenvalue weighted by atomic mass is 19.1. The van der Waals surface area contributed by atoms with Gasteiger partial charge in [-0.25, -0.2) is 9.78 Å². The van der Waals surface area contributed by atoms with Gasteiger partial charge in [-0.3, -0.25) is 0 Å². The maximum Gasteiger partial charge on any atom is 0.330 e. The lowest BCUT2D eigenvalue weighted by atomic mass is 10.2. The van der Waals surface area contributed by atoms with Crippen LogP contribution in [0.2, 0.25) is 0 Å². The lowest BCUT2D eigenvalue weighted by Gasteiger charge is -1.97. The lowest BCUT2D eigenvalue weighted by molar-refractivity contribution is -0.137. The van der Waals surface area contributed by atoms with Gasteiger partial charge < -0.3 is 10.5 Å². The molecular weight excluding hydrogens is 199 g/mol. The second kappa shape index (κ2) is 5.09. The molecular formula is C10H11FN2O2. The number of nitrogens with zero attached hydrogens (tertiary/aromatic N) is 1. The van der Waals surface area contributed by atoms with Crippen LogP contribution in [0.4, 0.5) is 10.1 Å². The summed E-state index contributed by atoms with van der Waals surface area (Å²) in [5, 5.41) is 0. The van der Waals surface area contributed by atoms with Crippen LogP contribution in [0, 0.1) is 5.95 Å². The van der Waals surface area contributed by atoms with E-state index in [9.17, 15) is 9.18 Å². The van der Waals surface area contributed by atoms with Crippen LogP contribution in [-0.2, 0) is 9.53 Å². The molecule has 0 spiro atoms. The largest absolute Gasteiger partial charge is 0.463 e. The number of pyridine rings is 1. The van der Waals surface area contributed by atoms with Gasteiger partial charge in [0.15, 0.2) is 0 Å². The number of halogens is 1. The van der Waals surface area contributed by atoms with Crippen LogP contribution in [0.15, 0.2) is 18.3 Å². The number of nitrogen functional groups attached to an aromatic ring is 1. The van der Waals surface area contributed by atoms with E-state index in [4.69, 9.17) is 5.73 Å². The fourth-order valence-corrected chi connectivity index (χ4v) is 0.928. The standard InChI is InChI=1S/C10H11FN2O2/c1-2-15-9(14)4-3-7-5-8(12)10(11)13-6-7/h3-6H,2,12H2,1H3. The van der Waals surface area contributed by atoms with Crippen molar-refractivity contribution >= 4 is 17.7 Å². The Bertz CT molecular complexity index is 391. The second-order valence-corrected chi connectivity index (χ2v) is 2.73. The second-order valence-electron chi connectivity index (χ2n) is 2.73. The molecule has 5 heteroatoms. The molecule has 0 fully saturated rings. The molecule has 0 aliphatic carbocycles. The summed E-state index contributed by atoms with van der Waals surface area (Å²) in [6.45, 7) is 2.02. The molecule has 1 rings (SSSR count). The zero-order valence-corrected chi connectivity index (χ0v) is 8.24. The van der Waals surface area contributed by atoms with Crippen molar-refractivity contribution < 1.29 is 13.9 Å². The Hall–Kier alpha value is -1.91. The van der Waals surface area contributed by atoms with E-state index in [2.05, 4.69) is 9.72 Å². The minimum atomic E-state index is -0.719. The number of rotatable bonds is 3. The van der Waals surface area contributed by atoms with Crippen LogP contribution in [0.3, 0.4) is 0 Å². The first-order valence-corrected chi connectivity index (χ1v) is 4.39. The summed E-state index contributed by atoms with van der Waals surface area (Å²) in [6.07, 6.45) is 3.97. The van der Waals surface area contributed by atoms with E-state index in [0.717, 1.165) is 0 Å². The molecule has 0 atom stereocenters. The normalized spacial score (nSPS) is 10.5. The Morgan fingerprint density at radius 2 is 2.47 bits per heavy atom. The van der Waals surface area contributed by atoms with Crippen molar-refractivity contribution in [3.05, 3.63) is 29.9 Å². The summed E-state index contributed by atoms with van der Waals surface area (Å²) >= 11 is 0. The molecule has 0 amide bonds. The van der Waals surface area contributed by atoms with Crippen LogP contribution in [0.5, 0.6) is 0 Å². The minimum absolute atomic E-state index is 0.0546. The molecule has 0 bridgehead atoms. The van der Waals surface area contributed by atoms with E-state index >= 15 is 0 Å². The van der Waals surface area contributed by atoms with Crippen molar-refractivity contribution in [1.82, 2.24) is 4.98 Å². The van der Waals surface area contributed by atoms with Crippen LogP contribution >= 0.6 is 0 Å². The third-order valence-electron chi connectivity index (χ3n) is 1.59. The summed E-state index contributed by atoms with van der Waals surface area (Å²) in [5.74, 6) is -1.18. The number of hydrogen-bond donors (Lipinski definition) is 1. The monoisotopic (exact) mass is 210 g/mol. The predicted octanol–water partition coefficient (Wildman–Crippen LogP) is 1.38. The maximum absolute atomic E-state index is 12.7. The van der Waals surface area contributed by atoms with Crippen LogP contribution in [0.25, 0.3) is 6.08 Å². The fourth-order valence-electron chi connectivity index (χ4n) is 0.928. The van der Waals surface area contributed by atoms with Gasteiger partial charge in [-0.05, 0) is 24.6 Å². The molecule has 0 aromatic carbocycles. The topological polar surface area (TPSA) is 65.2 Å². The van der Waals surface area contributed by atoms with E-state index in [-0.39, 0.29) is 5.69 Å². The number of esters is 1. The number of carbonyl (C=O) groups excluding carboxylic acids is 1. The van der Waals surface area contributed by atoms with Gasteiger partial charge in [0.2, 0.25) is 5.95 Å². The molecule has 4 nitrogen and oxygen atoms in total. The molecule has 0 radical (unpaired) electrons. The van der Waals surface area contributed by atoms with Gasteiger partial charge in [-0.1, -0.05) is 0 Å². The number of nitrogens with two attached hydrogens (primary N) is 1. The Labute approximate surface area is 86.6 Å². The Balaban J connectivity index is 2.72. The van der Waals surface area contributed by atoms with Crippen molar-refractivity contribution in [3.8, 4) is 0 Å². The molecule has 1 aromatic rings. The molecule has 0 saturated heterocycles. The van der Waals surface area contributed by atoms with Gasteiger partial charge in [0, 0.05) is 12.3 Å². The summed E-state index contributed by atoms with van der Waals surface area (Å²) in [4.78, 5) is 14.3. The highest BCUT2D eigenvalue weighted by Crippen LogP contribution is 2.10. The molecule has 0 unspecified atom stereocenters. The van der Waals surface area contributed by atoms with Gasteiger partial charge in [0.1, 0.15) is 0 Å². The lowest BCUT2D eigenvalue weighted by Crippen LogP contribution is -1.99. The maximum atomic E-state index is 12.7. The Morgan fingerprint density at radius 1 is 1.73 bits per heavy atom. The zero-order valence-electron chi connectivity index (χ0n) is 8.24. The van der Waals surface area contributed by atoms with Gasteiger partial charge in [0.05, 0.1) is 12.3 Å². The molecule has 80 valence electrons. The third kappa shape index (κ3) is 3.38. The first-order valence-electron chi connectivity index (χ1n) is 4.39. The van der Waals surface area contributed by atoms with Crippen molar-refractivity contribution in [2.24, 2.45) is 0 Å².